The summed E-state index contributed by atoms with van der Waals surface area (Å²) in [5.74, 6) is 0.298. The summed E-state index contributed by atoms with van der Waals surface area (Å²) in [7, 11) is -1.92. The molecule has 0 aromatic heterocycles. The quantitative estimate of drug-likeness (QED) is 0.918. The molecule has 114 valence electrons. The number of benzene rings is 1. The van der Waals surface area contributed by atoms with Crippen molar-refractivity contribution in [3.63, 3.8) is 0 Å². The highest BCUT2D eigenvalue weighted by Gasteiger charge is 2.31. The lowest BCUT2D eigenvalue weighted by Gasteiger charge is -2.33. The summed E-state index contributed by atoms with van der Waals surface area (Å²) in [5.41, 5.74) is 0.444. The van der Waals surface area contributed by atoms with Crippen molar-refractivity contribution < 1.29 is 13.5 Å². The zero-order valence-corrected chi connectivity index (χ0v) is 12.9. The summed E-state index contributed by atoms with van der Waals surface area (Å²) >= 11 is 0. The summed E-state index contributed by atoms with van der Waals surface area (Å²) < 4.78 is 26.6. The molecular weight excluding hydrogens is 288 g/mol. The Bertz CT molecular complexity index is 611. The molecule has 21 heavy (non-hydrogen) atoms. The van der Waals surface area contributed by atoms with Crippen LogP contribution in [0.5, 0.6) is 0 Å². The topological polar surface area (TPSA) is 81.4 Å². The van der Waals surface area contributed by atoms with Gasteiger partial charge in [0.2, 0.25) is 10.0 Å². The number of rotatable bonds is 4. The summed E-state index contributed by atoms with van der Waals surface area (Å²) in [6.07, 6.45) is 3.26. The third kappa shape index (κ3) is 3.43. The first kappa shape index (κ1) is 16.0. The van der Waals surface area contributed by atoms with Crippen molar-refractivity contribution in [2.75, 3.05) is 13.7 Å². The van der Waals surface area contributed by atoms with Crippen molar-refractivity contribution in [1.29, 1.82) is 5.26 Å². The van der Waals surface area contributed by atoms with Crippen molar-refractivity contribution in [2.24, 2.45) is 5.92 Å². The molecule has 1 aliphatic carbocycles. The predicted molar refractivity (Wildman–Crippen MR) is 78.9 cm³/mol. The number of sulfonamides is 1. The number of hydrogen-bond donors (Lipinski definition) is 1. The molecule has 1 saturated carbocycles. The van der Waals surface area contributed by atoms with E-state index in [-0.39, 0.29) is 17.5 Å². The van der Waals surface area contributed by atoms with Gasteiger partial charge in [-0.15, -0.1) is 0 Å². The molecule has 1 aliphatic rings. The SMILES string of the molecule is CN(C1CCC(CO)CC1)S(=O)(=O)c1ccc(C#N)cc1. The summed E-state index contributed by atoms with van der Waals surface area (Å²) in [5, 5.41) is 17.9. The van der Waals surface area contributed by atoms with E-state index in [1.807, 2.05) is 6.07 Å². The maximum atomic E-state index is 12.6. The molecule has 1 aromatic carbocycles. The van der Waals surface area contributed by atoms with Crippen LogP contribution in [-0.4, -0.2) is 37.5 Å². The van der Waals surface area contributed by atoms with Gasteiger partial charge in [-0.3, -0.25) is 0 Å². The van der Waals surface area contributed by atoms with E-state index in [9.17, 15) is 8.42 Å². The van der Waals surface area contributed by atoms with Gasteiger partial charge in [-0.05, 0) is 55.9 Å². The Morgan fingerprint density at radius 3 is 2.29 bits per heavy atom. The van der Waals surface area contributed by atoms with Crippen LogP contribution < -0.4 is 0 Å². The lowest BCUT2D eigenvalue weighted by atomic mass is 9.87. The third-order valence-corrected chi connectivity index (χ3v) is 6.17. The van der Waals surface area contributed by atoms with Crippen molar-refractivity contribution in [1.82, 2.24) is 4.31 Å². The minimum Gasteiger partial charge on any atom is -0.396 e. The molecule has 0 heterocycles. The predicted octanol–water partition coefficient (Wildman–Crippen LogP) is 1.73. The zero-order valence-electron chi connectivity index (χ0n) is 12.1. The fraction of sp³-hybridized carbons (Fsp3) is 0.533. The maximum absolute atomic E-state index is 12.6. The molecule has 0 atom stereocenters. The Hall–Kier alpha value is -1.42. The summed E-state index contributed by atoms with van der Waals surface area (Å²) in [6, 6.07) is 7.94. The molecule has 1 N–H and O–H groups in total. The Morgan fingerprint density at radius 1 is 1.24 bits per heavy atom. The van der Waals surface area contributed by atoms with E-state index in [1.165, 1.54) is 28.6 Å². The highest BCUT2D eigenvalue weighted by atomic mass is 32.2. The number of aliphatic hydroxyl groups is 1. The molecule has 0 radical (unpaired) electrons. The average Bonchev–Trinajstić information content (AvgIpc) is 2.54. The molecule has 0 aliphatic heterocycles. The van der Waals surface area contributed by atoms with Crippen LogP contribution in [0.15, 0.2) is 29.2 Å². The number of nitriles is 1. The minimum atomic E-state index is -3.53. The highest BCUT2D eigenvalue weighted by Crippen LogP contribution is 2.29. The van der Waals surface area contributed by atoms with Gasteiger partial charge in [0.1, 0.15) is 0 Å². The van der Waals surface area contributed by atoms with Gasteiger partial charge in [0, 0.05) is 19.7 Å². The van der Waals surface area contributed by atoms with Gasteiger partial charge < -0.3 is 5.11 Å². The average molecular weight is 308 g/mol. The van der Waals surface area contributed by atoms with Gasteiger partial charge in [0.15, 0.2) is 0 Å². The normalized spacial score (nSPS) is 23.0. The van der Waals surface area contributed by atoms with Crippen molar-refractivity contribution in [3.05, 3.63) is 29.8 Å². The minimum absolute atomic E-state index is 0.0200. The third-order valence-electron chi connectivity index (χ3n) is 4.25. The smallest absolute Gasteiger partial charge is 0.243 e. The molecule has 1 fully saturated rings. The standard InChI is InChI=1S/C15H20N2O3S/c1-17(14-6-2-13(11-18)3-7-14)21(19,20)15-8-4-12(10-16)5-9-15/h4-5,8-9,13-14,18H,2-3,6-7,11H2,1H3. The fourth-order valence-corrected chi connectivity index (χ4v) is 4.17. The lowest BCUT2D eigenvalue weighted by Crippen LogP contribution is -2.39. The number of aliphatic hydroxyl groups excluding tert-OH is 1. The first-order chi connectivity index (χ1) is 9.98. The molecular formula is C15H20N2O3S. The van der Waals surface area contributed by atoms with Crippen LogP contribution in [-0.2, 0) is 10.0 Å². The van der Waals surface area contributed by atoms with E-state index in [0.29, 0.717) is 11.5 Å². The summed E-state index contributed by atoms with van der Waals surface area (Å²) in [6.45, 7) is 0.179. The Kier molecular flexibility index (Phi) is 4.99. The van der Waals surface area contributed by atoms with Crippen molar-refractivity contribution in [3.8, 4) is 6.07 Å². The first-order valence-corrected chi connectivity index (χ1v) is 8.52. The van der Waals surface area contributed by atoms with E-state index < -0.39 is 10.0 Å². The second-order valence-corrected chi connectivity index (χ2v) is 7.51. The number of nitrogens with zero attached hydrogens (tertiary/aromatic N) is 2. The fourth-order valence-electron chi connectivity index (χ4n) is 2.75. The van der Waals surface area contributed by atoms with E-state index in [1.54, 1.807) is 7.05 Å². The molecule has 0 unspecified atom stereocenters. The Morgan fingerprint density at radius 2 is 1.81 bits per heavy atom. The second kappa shape index (κ2) is 6.56. The maximum Gasteiger partial charge on any atom is 0.243 e. The molecule has 0 saturated heterocycles. The van der Waals surface area contributed by atoms with E-state index in [0.717, 1.165) is 25.7 Å². The van der Waals surface area contributed by atoms with Crippen LogP contribution in [0, 0.1) is 17.2 Å². The van der Waals surface area contributed by atoms with Gasteiger partial charge >= 0.3 is 0 Å². The van der Waals surface area contributed by atoms with Gasteiger partial charge in [-0.2, -0.15) is 9.57 Å². The highest BCUT2D eigenvalue weighted by molar-refractivity contribution is 7.89. The number of hydrogen-bond acceptors (Lipinski definition) is 4. The molecule has 1 aromatic rings. The summed E-state index contributed by atoms with van der Waals surface area (Å²) in [4.78, 5) is 0.216. The molecule has 6 heteroatoms. The molecule has 0 bridgehead atoms. The molecule has 0 amide bonds. The van der Waals surface area contributed by atoms with Gasteiger partial charge in [-0.1, -0.05) is 0 Å². The first-order valence-electron chi connectivity index (χ1n) is 7.08. The van der Waals surface area contributed by atoms with Crippen LogP contribution >= 0.6 is 0 Å². The Balaban J connectivity index is 2.13. The molecule has 0 spiro atoms. The molecule has 5 nitrogen and oxygen atoms in total. The van der Waals surface area contributed by atoms with Gasteiger partial charge in [-0.25, -0.2) is 8.42 Å². The van der Waals surface area contributed by atoms with E-state index >= 15 is 0 Å². The van der Waals surface area contributed by atoms with Crippen LogP contribution in [0.1, 0.15) is 31.2 Å². The monoisotopic (exact) mass is 308 g/mol. The van der Waals surface area contributed by atoms with Gasteiger partial charge in [0.25, 0.3) is 0 Å². The van der Waals surface area contributed by atoms with Crippen molar-refractivity contribution >= 4 is 10.0 Å². The van der Waals surface area contributed by atoms with Crippen LogP contribution in [0.25, 0.3) is 0 Å². The van der Waals surface area contributed by atoms with Gasteiger partial charge in [0.05, 0.1) is 16.5 Å². The molecule has 2 rings (SSSR count). The van der Waals surface area contributed by atoms with E-state index in [2.05, 4.69) is 0 Å². The lowest BCUT2D eigenvalue weighted by molar-refractivity contribution is 0.159. The van der Waals surface area contributed by atoms with E-state index in [4.69, 9.17) is 10.4 Å². The largest absolute Gasteiger partial charge is 0.396 e. The van der Waals surface area contributed by atoms with Crippen LogP contribution in [0.3, 0.4) is 0 Å². The van der Waals surface area contributed by atoms with Crippen molar-refractivity contribution in [2.45, 2.75) is 36.6 Å². The van der Waals surface area contributed by atoms with Crippen LogP contribution in [0.4, 0.5) is 0 Å². The van der Waals surface area contributed by atoms with Crippen LogP contribution in [0.2, 0.25) is 0 Å². The Labute approximate surface area is 125 Å². The zero-order chi connectivity index (χ0) is 15.5. The second-order valence-electron chi connectivity index (χ2n) is 5.51.